The van der Waals surface area contributed by atoms with Crippen molar-refractivity contribution >= 4 is 45.1 Å². The fourth-order valence-corrected chi connectivity index (χ4v) is 5.38. The van der Waals surface area contributed by atoms with E-state index in [1.165, 1.54) is 0 Å². The van der Waals surface area contributed by atoms with Crippen LogP contribution < -0.4 is 5.32 Å². The van der Waals surface area contributed by atoms with E-state index in [1.807, 2.05) is 31.2 Å². The van der Waals surface area contributed by atoms with Crippen molar-refractivity contribution in [2.75, 3.05) is 51.3 Å². The fourth-order valence-electron chi connectivity index (χ4n) is 5.02. The van der Waals surface area contributed by atoms with Crippen LogP contribution in [-0.4, -0.2) is 83.7 Å². The predicted octanol–water partition coefficient (Wildman–Crippen LogP) is 2.66. The minimum Gasteiger partial charge on any atom is -0.390 e. The van der Waals surface area contributed by atoms with Crippen molar-refractivity contribution < 1.29 is 19.4 Å². The van der Waals surface area contributed by atoms with E-state index in [4.69, 9.17) is 4.74 Å². The molecular weight excluding hydrogens is 500 g/mol. The smallest absolute Gasteiger partial charge is 0.256 e. The van der Waals surface area contributed by atoms with E-state index in [1.54, 1.807) is 4.90 Å². The molecule has 1 saturated heterocycles. The SMILES string of the molecule is Cc1c(C=C2C(=O)Nc3ccc(Br)cc32)[nH]c2c1C(=O)N(C[C@H](O)CN1CCOCC1)CCC2. The van der Waals surface area contributed by atoms with Gasteiger partial charge in [0.05, 0.1) is 30.5 Å². The number of morpholine rings is 1. The number of hydrogen-bond donors (Lipinski definition) is 3. The van der Waals surface area contributed by atoms with Gasteiger partial charge in [-0.3, -0.25) is 14.5 Å². The second-order valence-electron chi connectivity index (χ2n) is 9.14. The maximum absolute atomic E-state index is 13.5. The highest BCUT2D eigenvalue weighted by atomic mass is 79.9. The average molecular weight is 529 g/mol. The molecule has 34 heavy (non-hydrogen) atoms. The third-order valence-electron chi connectivity index (χ3n) is 6.78. The van der Waals surface area contributed by atoms with Gasteiger partial charge in [0.25, 0.3) is 11.8 Å². The number of carbonyl (C=O) groups is 2. The normalized spacial score (nSPS) is 20.8. The number of anilines is 1. The lowest BCUT2D eigenvalue weighted by Gasteiger charge is -2.31. The summed E-state index contributed by atoms with van der Waals surface area (Å²) < 4.78 is 6.27. The Labute approximate surface area is 207 Å². The lowest BCUT2D eigenvalue weighted by molar-refractivity contribution is -0.110. The molecule has 0 saturated carbocycles. The molecule has 0 spiro atoms. The summed E-state index contributed by atoms with van der Waals surface area (Å²) in [5, 5.41) is 13.6. The molecule has 3 aliphatic rings. The summed E-state index contributed by atoms with van der Waals surface area (Å²) >= 11 is 3.48. The monoisotopic (exact) mass is 528 g/mol. The Kier molecular flexibility index (Phi) is 6.61. The highest BCUT2D eigenvalue weighted by Crippen LogP contribution is 2.36. The number of halogens is 1. The first-order valence-electron chi connectivity index (χ1n) is 11.7. The first-order chi connectivity index (χ1) is 16.4. The summed E-state index contributed by atoms with van der Waals surface area (Å²) in [6.45, 7) is 6.34. The van der Waals surface area contributed by atoms with Crippen LogP contribution in [0.25, 0.3) is 11.6 Å². The molecule has 2 amide bonds. The van der Waals surface area contributed by atoms with Crippen LogP contribution in [0.1, 0.15) is 39.3 Å². The van der Waals surface area contributed by atoms with Crippen molar-refractivity contribution in [2.24, 2.45) is 0 Å². The van der Waals surface area contributed by atoms with Crippen LogP contribution in [0.15, 0.2) is 22.7 Å². The third kappa shape index (κ3) is 4.57. The van der Waals surface area contributed by atoms with Gasteiger partial charge >= 0.3 is 0 Å². The Bertz CT molecular complexity index is 1150. The molecule has 0 unspecified atom stereocenters. The molecule has 9 heteroatoms. The van der Waals surface area contributed by atoms with E-state index in [-0.39, 0.29) is 11.8 Å². The van der Waals surface area contributed by atoms with Gasteiger partial charge in [0.1, 0.15) is 0 Å². The molecule has 1 aromatic carbocycles. The van der Waals surface area contributed by atoms with Gasteiger partial charge in [-0.1, -0.05) is 15.9 Å². The van der Waals surface area contributed by atoms with Crippen LogP contribution in [0.5, 0.6) is 0 Å². The van der Waals surface area contributed by atoms with Gasteiger partial charge < -0.3 is 25.0 Å². The topological polar surface area (TPSA) is 97.9 Å². The van der Waals surface area contributed by atoms with Crippen molar-refractivity contribution in [3.63, 3.8) is 0 Å². The lowest BCUT2D eigenvalue weighted by atomic mass is 10.0. The van der Waals surface area contributed by atoms with E-state index in [0.29, 0.717) is 44.0 Å². The molecule has 3 N–H and O–H groups in total. The van der Waals surface area contributed by atoms with Gasteiger partial charge in [0.15, 0.2) is 0 Å². The van der Waals surface area contributed by atoms with Crippen molar-refractivity contribution in [3.05, 3.63) is 50.8 Å². The standard InChI is InChI=1S/C25H29BrN4O4/c1-15-22(12-19-18-11-16(26)4-5-20(18)28-24(19)32)27-21-3-2-6-30(25(33)23(15)21)14-17(31)13-29-7-9-34-10-8-29/h4-5,11-12,17,27,31H,2-3,6-10,13-14H2,1H3,(H,28,32)/t17-/m1/s1. The molecule has 4 heterocycles. The Morgan fingerprint density at radius 2 is 2.00 bits per heavy atom. The number of aryl methyl sites for hydroxylation is 1. The summed E-state index contributed by atoms with van der Waals surface area (Å²) in [5.74, 6) is -0.220. The van der Waals surface area contributed by atoms with Crippen molar-refractivity contribution in [3.8, 4) is 0 Å². The maximum atomic E-state index is 13.5. The van der Waals surface area contributed by atoms with Crippen LogP contribution in [0.3, 0.4) is 0 Å². The van der Waals surface area contributed by atoms with Gasteiger partial charge in [0, 0.05) is 59.8 Å². The fraction of sp³-hybridized carbons (Fsp3) is 0.440. The predicted molar refractivity (Wildman–Crippen MR) is 134 cm³/mol. The molecule has 0 aliphatic carbocycles. The van der Waals surface area contributed by atoms with Crippen molar-refractivity contribution in [1.29, 1.82) is 0 Å². The zero-order valence-electron chi connectivity index (χ0n) is 19.2. The van der Waals surface area contributed by atoms with Crippen LogP contribution in [0.2, 0.25) is 0 Å². The van der Waals surface area contributed by atoms with Crippen LogP contribution in [0, 0.1) is 6.92 Å². The first-order valence-corrected chi connectivity index (χ1v) is 12.5. The number of fused-ring (bicyclic) bond motifs is 2. The number of aromatic nitrogens is 1. The number of β-amino-alcohol motifs (C(OH)–C–C–N with tert-alkyl or cyclic N) is 1. The number of benzene rings is 1. The van der Waals surface area contributed by atoms with Crippen molar-refractivity contribution in [2.45, 2.75) is 25.9 Å². The molecule has 1 aromatic heterocycles. The molecule has 1 fully saturated rings. The number of amides is 2. The number of carbonyl (C=O) groups excluding carboxylic acids is 2. The highest BCUT2D eigenvalue weighted by molar-refractivity contribution is 9.10. The van der Waals surface area contributed by atoms with E-state index < -0.39 is 6.10 Å². The molecule has 5 rings (SSSR count). The number of aliphatic hydroxyl groups excluding tert-OH is 1. The number of aliphatic hydroxyl groups is 1. The largest absolute Gasteiger partial charge is 0.390 e. The lowest BCUT2D eigenvalue weighted by Crippen LogP contribution is -2.46. The summed E-state index contributed by atoms with van der Waals surface area (Å²) in [6, 6.07) is 5.69. The van der Waals surface area contributed by atoms with Crippen LogP contribution >= 0.6 is 15.9 Å². The van der Waals surface area contributed by atoms with Gasteiger partial charge in [0.2, 0.25) is 0 Å². The molecule has 180 valence electrons. The summed E-state index contributed by atoms with van der Waals surface area (Å²) in [4.78, 5) is 33.5. The summed E-state index contributed by atoms with van der Waals surface area (Å²) in [5.41, 5.74) is 5.35. The maximum Gasteiger partial charge on any atom is 0.256 e. The Morgan fingerprint density at radius 3 is 2.79 bits per heavy atom. The Balaban J connectivity index is 1.38. The number of aromatic amines is 1. The number of ether oxygens (including phenoxy) is 1. The number of rotatable bonds is 5. The number of nitrogens with one attached hydrogen (secondary N) is 2. The Morgan fingerprint density at radius 1 is 1.21 bits per heavy atom. The Hall–Kier alpha value is -2.46. The number of hydrogen-bond acceptors (Lipinski definition) is 5. The molecule has 3 aliphatic heterocycles. The van der Waals surface area contributed by atoms with E-state index in [9.17, 15) is 14.7 Å². The molecule has 0 radical (unpaired) electrons. The van der Waals surface area contributed by atoms with Crippen LogP contribution in [0.4, 0.5) is 5.69 Å². The second kappa shape index (κ2) is 9.65. The quantitative estimate of drug-likeness (QED) is 0.518. The van der Waals surface area contributed by atoms with E-state index in [0.717, 1.165) is 58.6 Å². The zero-order chi connectivity index (χ0) is 23.8. The minimum atomic E-state index is -0.610. The number of H-pyrrole nitrogens is 1. The minimum absolute atomic E-state index is 0.0639. The van der Waals surface area contributed by atoms with Gasteiger partial charge in [-0.15, -0.1) is 0 Å². The average Bonchev–Trinajstić information content (AvgIpc) is 3.23. The molecule has 1 atom stereocenters. The third-order valence-corrected chi connectivity index (χ3v) is 7.27. The van der Waals surface area contributed by atoms with Gasteiger partial charge in [-0.25, -0.2) is 0 Å². The number of nitrogens with zero attached hydrogens (tertiary/aromatic N) is 2. The summed E-state index contributed by atoms with van der Waals surface area (Å²) in [6.07, 6.45) is 2.79. The molecule has 8 nitrogen and oxygen atoms in total. The molecular formula is C25H29BrN4O4. The molecule has 0 bridgehead atoms. The van der Waals surface area contributed by atoms with Gasteiger partial charge in [-0.2, -0.15) is 0 Å². The van der Waals surface area contributed by atoms with Crippen LogP contribution in [-0.2, 0) is 16.0 Å². The second-order valence-corrected chi connectivity index (χ2v) is 10.1. The molecule has 2 aromatic rings. The van der Waals surface area contributed by atoms with E-state index >= 15 is 0 Å². The first kappa shape index (κ1) is 23.3. The summed E-state index contributed by atoms with van der Waals surface area (Å²) in [7, 11) is 0. The van der Waals surface area contributed by atoms with E-state index in [2.05, 4.69) is 31.1 Å². The van der Waals surface area contributed by atoms with Gasteiger partial charge in [-0.05, 0) is 49.6 Å². The zero-order valence-corrected chi connectivity index (χ0v) is 20.8. The highest BCUT2D eigenvalue weighted by Gasteiger charge is 2.30. The van der Waals surface area contributed by atoms with Crippen molar-refractivity contribution in [1.82, 2.24) is 14.8 Å².